The van der Waals surface area contributed by atoms with Gasteiger partial charge in [-0.25, -0.2) is 21.1 Å². The van der Waals surface area contributed by atoms with Crippen LogP contribution in [0.4, 0.5) is 5.69 Å². The number of rotatable bonds is 6. The van der Waals surface area contributed by atoms with Crippen molar-refractivity contribution in [2.75, 3.05) is 32.5 Å². The van der Waals surface area contributed by atoms with Gasteiger partial charge in [0.05, 0.1) is 15.7 Å². The van der Waals surface area contributed by atoms with Gasteiger partial charge in [-0.15, -0.1) is 0 Å². The van der Waals surface area contributed by atoms with Crippen LogP contribution in [-0.2, 0) is 24.8 Å². The van der Waals surface area contributed by atoms with Gasteiger partial charge >= 0.3 is 0 Å². The van der Waals surface area contributed by atoms with Gasteiger partial charge in [0.1, 0.15) is 0 Å². The van der Waals surface area contributed by atoms with Crippen LogP contribution in [0.2, 0.25) is 0 Å². The highest BCUT2D eigenvalue weighted by Crippen LogP contribution is 2.26. The summed E-state index contributed by atoms with van der Waals surface area (Å²) in [5.74, 6) is -0.672. The van der Waals surface area contributed by atoms with Crippen molar-refractivity contribution in [2.45, 2.75) is 29.6 Å². The van der Waals surface area contributed by atoms with Crippen LogP contribution in [-0.4, -0.2) is 58.5 Å². The van der Waals surface area contributed by atoms with E-state index in [-0.39, 0.29) is 22.2 Å². The molecule has 1 N–H and O–H groups in total. The van der Waals surface area contributed by atoms with E-state index in [9.17, 15) is 21.6 Å². The zero-order valence-corrected chi connectivity index (χ0v) is 19.4. The van der Waals surface area contributed by atoms with Crippen molar-refractivity contribution in [3.63, 3.8) is 0 Å². The highest BCUT2D eigenvalue weighted by molar-refractivity contribution is 7.89. The van der Waals surface area contributed by atoms with Crippen molar-refractivity contribution < 1.29 is 21.6 Å². The van der Waals surface area contributed by atoms with Crippen LogP contribution in [0.1, 0.15) is 18.4 Å². The molecule has 10 heteroatoms. The fourth-order valence-corrected chi connectivity index (χ4v) is 5.82. The standard InChI is InChI=1S/C21H27N3O5S2/c1-16-6-8-18(9-7-16)22-21(25)17-5-4-14-24(15-17)31(28,29)20-12-10-19(11-13-20)30(26,27)23(2)3/h6-13,17H,4-5,14-15H2,1-3H3,(H,22,25). The van der Waals surface area contributed by atoms with Gasteiger partial charge in [-0.05, 0) is 56.2 Å². The van der Waals surface area contributed by atoms with Crippen molar-refractivity contribution in [3.05, 3.63) is 54.1 Å². The largest absolute Gasteiger partial charge is 0.326 e. The van der Waals surface area contributed by atoms with Crippen LogP contribution in [0, 0.1) is 12.8 Å². The van der Waals surface area contributed by atoms with Crippen molar-refractivity contribution in [1.82, 2.24) is 8.61 Å². The van der Waals surface area contributed by atoms with E-state index in [1.54, 1.807) is 0 Å². The number of anilines is 1. The second-order valence-corrected chi connectivity index (χ2v) is 11.9. The van der Waals surface area contributed by atoms with Gasteiger partial charge in [0.15, 0.2) is 0 Å². The molecule has 31 heavy (non-hydrogen) atoms. The SMILES string of the molecule is Cc1ccc(NC(=O)C2CCCN(S(=O)(=O)c3ccc(S(=O)(=O)N(C)C)cc3)C2)cc1. The fraction of sp³-hybridized carbons (Fsp3) is 0.381. The van der Waals surface area contributed by atoms with Gasteiger partial charge in [-0.1, -0.05) is 17.7 Å². The molecule has 1 amide bonds. The van der Waals surface area contributed by atoms with E-state index in [0.717, 1.165) is 9.87 Å². The third-order valence-electron chi connectivity index (χ3n) is 5.31. The van der Waals surface area contributed by atoms with Crippen LogP contribution in [0.15, 0.2) is 58.3 Å². The topological polar surface area (TPSA) is 104 Å². The number of piperidine rings is 1. The second kappa shape index (κ2) is 9.07. The first-order valence-electron chi connectivity index (χ1n) is 9.92. The lowest BCUT2D eigenvalue weighted by Crippen LogP contribution is -2.43. The van der Waals surface area contributed by atoms with Crippen molar-refractivity contribution in [3.8, 4) is 0 Å². The van der Waals surface area contributed by atoms with Crippen LogP contribution in [0.25, 0.3) is 0 Å². The number of aryl methyl sites for hydroxylation is 1. The zero-order valence-electron chi connectivity index (χ0n) is 17.8. The predicted molar refractivity (Wildman–Crippen MR) is 119 cm³/mol. The Morgan fingerprint density at radius 2 is 1.55 bits per heavy atom. The number of benzene rings is 2. The number of amides is 1. The third kappa shape index (κ3) is 5.15. The van der Waals surface area contributed by atoms with Crippen LogP contribution in [0.5, 0.6) is 0 Å². The summed E-state index contributed by atoms with van der Waals surface area (Å²) >= 11 is 0. The van der Waals surface area contributed by atoms with E-state index >= 15 is 0 Å². The Morgan fingerprint density at radius 3 is 2.13 bits per heavy atom. The smallest absolute Gasteiger partial charge is 0.243 e. The predicted octanol–water partition coefficient (Wildman–Crippen LogP) is 2.28. The number of hydrogen-bond donors (Lipinski definition) is 1. The van der Waals surface area contributed by atoms with Gasteiger partial charge in [-0.3, -0.25) is 4.79 Å². The van der Waals surface area contributed by atoms with Crippen LogP contribution >= 0.6 is 0 Å². The van der Waals surface area contributed by atoms with E-state index in [4.69, 9.17) is 0 Å². The normalized spacial score (nSPS) is 18.1. The van der Waals surface area contributed by atoms with Crippen molar-refractivity contribution in [2.24, 2.45) is 5.92 Å². The molecule has 2 aromatic carbocycles. The molecule has 0 aromatic heterocycles. The number of sulfonamides is 2. The molecule has 0 radical (unpaired) electrons. The molecule has 1 unspecified atom stereocenters. The minimum absolute atomic E-state index is 0.00444. The molecular formula is C21H27N3O5S2. The van der Waals surface area contributed by atoms with Gasteiger partial charge in [0.2, 0.25) is 26.0 Å². The number of nitrogens with zero attached hydrogens (tertiary/aromatic N) is 2. The molecule has 1 aliphatic rings. The minimum atomic E-state index is -3.84. The van der Waals surface area contributed by atoms with Gasteiger partial charge in [0, 0.05) is 32.9 Å². The Labute approximate surface area is 184 Å². The molecule has 3 rings (SSSR count). The van der Waals surface area contributed by atoms with Crippen LogP contribution in [0.3, 0.4) is 0 Å². The summed E-state index contributed by atoms with van der Waals surface area (Å²) in [6, 6.07) is 12.6. The zero-order chi connectivity index (χ0) is 22.8. The molecule has 0 aliphatic carbocycles. The molecule has 0 spiro atoms. The van der Waals surface area contributed by atoms with Crippen LogP contribution < -0.4 is 5.32 Å². The first-order valence-corrected chi connectivity index (χ1v) is 12.8. The lowest BCUT2D eigenvalue weighted by Gasteiger charge is -2.31. The summed E-state index contributed by atoms with van der Waals surface area (Å²) in [6.07, 6.45) is 1.17. The average Bonchev–Trinajstić information content (AvgIpc) is 2.75. The molecule has 0 bridgehead atoms. The summed E-state index contributed by atoms with van der Waals surface area (Å²) in [7, 11) is -4.66. The molecular weight excluding hydrogens is 438 g/mol. The maximum absolute atomic E-state index is 13.1. The Morgan fingerprint density at radius 1 is 0.968 bits per heavy atom. The fourth-order valence-electron chi connectivity index (χ4n) is 3.40. The summed E-state index contributed by atoms with van der Waals surface area (Å²) in [5, 5.41) is 2.85. The van der Waals surface area contributed by atoms with Gasteiger partial charge in [-0.2, -0.15) is 4.31 Å². The minimum Gasteiger partial charge on any atom is -0.326 e. The summed E-state index contributed by atoms with van der Waals surface area (Å²) < 4.78 is 52.9. The number of nitrogens with one attached hydrogen (secondary N) is 1. The average molecular weight is 466 g/mol. The number of carbonyl (C=O) groups is 1. The molecule has 1 heterocycles. The lowest BCUT2D eigenvalue weighted by atomic mass is 9.98. The molecule has 8 nitrogen and oxygen atoms in total. The monoisotopic (exact) mass is 465 g/mol. The van der Waals surface area contributed by atoms with E-state index in [1.807, 2.05) is 31.2 Å². The molecule has 2 aromatic rings. The van der Waals surface area contributed by atoms with Crippen molar-refractivity contribution in [1.29, 1.82) is 0 Å². The highest BCUT2D eigenvalue weighted by Gasteiger charge is 2.33. The molecule has 1 aliphatic heterocycles. The van der Waals surface area contributed by atoms with E-state index < -0.39 is 26.0 Å². The number of carbonyl (C=O) groups excluding carboxylic acids is 1. The Bertz CT molecular complexity index is 1140. The van der Waals surface area contributed by atoms with E-state index in [0.29, 0.717) is 25.1 Å². The van der Waals surface area contributed by atoms with Gasteiger partial charge < -0.3 is 5.32 Å². The summed E-state index contributed by atoms with van der Waals surface area (Å²) in [5.41, 5.74) is 1.76. The Kier molecular flexibility index (Phi) is 6.85. The maximum Gasteiger partial charge on any atom is 0.243 e. The molecule has 1 saturated heterocycles. The molecule has 168 valence electrons. The molecule has 1 atom stereocenters. The first kappa shape index (κ1) is 23.4. The van der Waals surface area contributed by atoms with Gasteiger partial charge in [0.25, 0.3) is 0 Å². The summed E-state index contributed by atoms with van der Waals surface area (Å²) in [4.78, 5) is 12.7. The quantitative estimate of drug-likeness (QED) is 0.705. The molecule has 1 fully saturated rings. The van der Waals surface area contributed by atoms with E-state index in [1.165, 1.54) is 42.7 Å². The highest BCUT2D eigenvalue weighted by atomic mass is 32.2. The molecule has 0 saturated carbocycles. The number of hydrogen-bond acceptors (Lipinski definition) is 5. The Balaban J connectivity index is 1.74. The Hall–Kier alpha value is -2.27. The van der Waals surface area contributed by atoms with Crippen molar-refractivity contribution >= 4 is 31.6 Å². The first-order chi connectivity index (χ1) is 14.5. The third-order valence-corrected chi connectivity index (χ3v) is 9.02. The maximum atomic E-state index is 13.1. The lowest BCUT2D eigenvalue weighted by molar-refractivity contribution is -0.120. The van der Waals surface area contributed by atoms with E-state index in [2.05, 4.69) is 5.32 Å². The summed E-state index contributed by atoms with van der Waals surface area (Å²) in [6.45, 7) is 2.35. The second-order valence-electron chi connectivity index (χ2n) is 7.82.